The number of allylic oxidation sites excluding steroid dienone is 3. The fourth-order valence-electron chi connectivity index (χ4n) is 1.00. The third-order valence-electron chi connectivity index (χ3n) is 1.60. The van der Waals surface area contributed by atoms with Crippen LogP contribution in [-0.4, -0.2) is 11.9 Å². The fourth-order valence-corrected chi connectivity index (χ4v) is 1.00. The summed E-state index contributed by atoms with van der Waals surface area (Å²) in [5.74, 6) is 0.554. The van der Waals surface area contributed by atoms with Gasteiger partial charge in [-0.25, -0.2) is 0 Å². The van der Waals surface area contributed by atoms with Crippen LogP contribution in [0.3, 0.4) is 0 Å². The van der Waals surface area contributed by atoms with E-state index in [2.05, 4.69) is 20.7 Å². The van der Waals surface area contributed by atoms with Crippen molar-refractivity contribution >= 4 is 0 Å². The van der Waals surface area contributed by atoms with Crippen LogP contribution in [0.25, 0.3) is 0 Å². The predicted octanol–water partition coefficient (Wildman–Crippen LogP) is 2.00. The Morgan fingerprint density at radius 3 is 2.58 bits per heavy atom. The minimum atomic E-state index is 0.554. The minimum absolute atomic E-state index is 0.554. The lowest BCUT2D eigenvalue weighted by Gasteiger charge is -2.16. The fraction of sp³-hybridized carbons (Fsp3) is 0.143. The lowest BCUT2D eigenvalue weighted by Crippen LogP contribution is -2.11. The summed E-state index contributed by atoms with van der Waals surface area (Å²) in [5.41, 5.74) is 0.905. The standard InChI is InChI=1S/C7H7N5/c1-12-5-3-2-4-6(12)7-8-10-11-9-7/h2-5H,1H3. The van der Waals surface area contributed by atoms with Gasteiger partial charge < -0.3 is 4.90 Å². The molecule has 0 unspecified atom stereocenters. The zero-order chi connectivity index (χ0) is 8.39. The maximum Gasteiger partial charge on any atom is 0.223 e. The highest BCUT2D eigenvalue weighted by Gasteiger charge is 2.10. The molecule has 5 nitrogen and oxygen atoms in total. The van der Waals surface area contributed by atoms with Crippen LogP contribution in [0.4, 0.5) is 0 Å². The Morgan fingerprint density at radius 2 is 1.92 bits per heavy atom. The van der Waals surface area contributed by atoms with Crippen LogP contribution in [0.5, 0.6) is 0 Å². The lowest BCUT2D eigenvalue weighted by atomic mass is 10.3. The molecule has 0 aromatic heterocycles. The van der Waals surface area contributed by atoms with Crippen molar-refractivity contribution in [2.75, 3.05) is 7.05 Å². The van der Waals surface area contributed by atoms with Crippen LogP contribution in [0, 0.1) is 0 Å². The number of hydrogen-bond acceptors (Lipinski definition) is 5. The molecule has 0 atom stereocenters. The van der Waals surface area contributed by atoms with Gasteiger partial charge in [-0.1, -0.05) is 6.08 Å². The van der Waals surface area contributed by atoms with Gasteiger partial charge in [0.2, 0.25) is 5.82 Å². The first-order chi connectivity index (χ1) is 5.88. The van der Waals surface area contributed by atoms with Gasteiger partial charge in [-0.15, -0.1) is 10.2 Å². The van der Waals surface area contributed by atoms with Crippen molar-refractivity contribution in [2.24, 2.45) is 20.7 Å². The molecule has 0 radical (unpaired) electrons. The van der Waals surface area contributed by atoms with E-state index in [1.807, 2.05) is 36.4 Å². The summed E-state index contributed by atoms with van der Waals surface area (Å²) in [5, 5.41) is 14.3. The first kappa shape index (κ1) is 6.90. The molecule has 0 N–H and O–H groups in total. The Morgan fingerprint density at radius 1 is 1.17 bits per heavy atom. The molecule has 12 heavy (non-hydrogen) atoms. The van der Waals surface area contributed by atoms with Gasteiger partial charge in [0.15, 0.2) is 0 Å². The molecule has 0 bridgehead atoms. The second-order valence-electron chi connectivity index (χ2n) is 2.40. The van der Waals surface area contributed by atoms with Crippen molar-refractivity contribution in [1.82, 2.24) is 4.90 Å². The quantitative estimate of drug-likeness (QED) is 0.536. The van der Waals surface area contributed by atoms with Gasteiger partial charge in [0.05, 0.1) is 5.70 Å². The molecule has 0 aliphatic carbocycles. The van der Waals surface area contributed by atoms with E-state index >= 15 is 0 Å². The first-order valence-electron chi connectivity index (χ1n) is 3.51. The van der Waals surface area contributed by atoms with E-state index in [9.17, 15) is 0 Å². The summed E-state index contributed by atoms with van der Waals surface area (Å²) < 4.78 is 0. The minimum Gasteiger partial charge on any atom is -0.348 e. The van der Waals surface area contributed by atoms with Gasteiger partial charge in [-0.3, -0.25) is 0 Å². The van der Waals surface area contributed by atoms with Gasteiger partial charge in [0.1, 0.15) is 0 Å². The Bertz CT molecular complexity index is 320. The van der Waals surface area contributed by atoms with Crippen molar-refractivity contribution in [1.29, 1.82) is 0 Å². The van der Waals surface area contributed by atoms with Crippen molar-refractivity contribution < 1.29 is 0 Å². The van der Waals surface area contributed by atoms with Crippen molar-refractivity contribution in [3.63, 3.8) is 0 Å². The molecule has 60 valence electrons. The number of likely N-dealkylation sites (N-methyl/N-ethyl adjacent to an activating group) is 1. The summed E-state index contributed by atoms with van der Waals surface area (Å²) in [7, 11) is 1.92. The average molecular weight is 161 g/mol. The van der Waals surface area contributed by atoms with Gasteiger partial charge in [0.25, 0.3) is 0 Å². The molecule has 0 amide bonds. The van der Waals surface area contributed by atoms with Crippen LogP contribution in [0.1, 0.15) is 0 Å². The summed E-state index contributed by atoms with van der Waals surface area (Å²) in [6.07, 6.45) is 7.70. The molecular formula is C7H7N5. The third-order valence-corrected chi connectivity index (χ3v) is 1.60. The smallest absolute Gasteiger partial charge is 0.223 e. The molecule has 0 spiro atoms. The molecule has 2 rings (SSSR count). The van der Waals surface area contributed by atoms with Crippen LogP contribution in [0.2, 0.25) is 0 Å². The largest absolute Gasteiger partial charge is 0.348 e. The van der Waals surface area contributed by atoms with Crippen molar-refractivity contribution in [2.45, 2.75) is 0 Å². The normalized spacial score (nSPS) is 19.9. The molecule has 2 heterocycles. The van der Waals surface area contributed by atoms with Gasteiger partial charge in [0, 0.05) is 13.2 Å². The molecule has 0 aromatic carbocycles. The Hall–Kier alpha value is -1.78. The van der Waals surface area contributed by atoms with Gasteiger partial charge in [-0.2, -0.15) is 0 Å². The predicted molar refractivity (Wildman–Crippen MR) is 42.8 cm³/mol. The molecule has 0 saturated carbocycles. The Kier molecular flexibility index (Phi) is 1.55. The van der Waals surface area contributed by atoms with E-state index in [-0.39, 0.29) is 0 Å². The SMILES string of the molecule is CN1C=CC=CC1=C1N=NN=N1. The third kappa shape index (κ3) is 1.05. The van der Waals surface area contributed by atoms with E-state index in [0.717, 1.165) is 5.70 Å². The van der Waals surface area contributed by atoms with E-state index in [1.165, 1.54) is 0 Å². The summed E-state index contributed by atoms with van der Waals surface area (Å²) in [6, 6.07) is 0. The van der Waals surface area contributed by atoms with Crippen LogP contribution < -0.4 is 0 Å². The molecule has 0 saturated heterocycles. The molecule has 0 aromatic rings. The number of rotatable bonds is 0. The molecule has 5 heteroatoms. The second-order valence-corrected chi connectivity index (χ2v) is 2.40. The summed E-state index contributed by atoms with van der Waals surface area (Å²) >= 11 is 0. The first-order valence-corrected chi connectivity index (χ1v) is 3.51. The Labute approximate surface area is 69.5 Å². The van der Waals surface area contributed by atoms with Crippen LogP contribution in [0.15, 0.2) is 56.6 Å². The van der Waals surface area contributed by atoms with Crippen molar-refractivity contribution in [3.8, 4) is 0 Å². The Balaban J connectivity index is 2.40. The monoisotopic (exact) mass is 161 g/mol. The zero-order valence-electron chi connectivity index (χ0n) is 6.55. The highest BCUT2D eigenvalue weighted by Crippen LogP contribution is 2.20. The zero-order valence-corrected chi connectivity index (χ0v) is 6.55. The summed E-state index contributed by atoms with van der Waals surface area (Å²) in [4.78, 5) is 1.92. The maximum atomic E-state index is 3.75. The van der Waals surface area contributed by atoms with Crippen molar-refractivity contribution in [3.05, 3.63) is 35.9 Å². The van der Waals surface area contributed by atoms with Gasteiger partial charge in [-0.05, 0) is 22.6 Å². The lowest BCUT2D eigenvalue weighted by molar-refractivity contribution is 0.573. The van der Waals surface area contributed by atoms with Crippen LogP contribution in [-0.2, 0) is 0 Å². The summed E-state index contributed by atoms with van der Waals surface area (Å²) in [6.45, 7) is 0. The molecule has 2 aliphatic heterocycles. The second kappa shape index (κ2) is 2.69. The van der Waals surface area contributed by atoms with E-state index in [1.54, 1.807) is 0 Å². The van der Waals surface area contributed by atoms with E-state index in [4.69, 9.17) is 0 Å². The average Bonchev–Trinajstić information content (AvgIpc) is 2.57. The highest BCUT2D eigenvalue weighted by atomic mass is 15.5. The molecule has 2 aliphatic rings. The van der Waals surface area contributed by atoms with Gasteiger partial charge >= 0.3 is 0 Å². The van der Waals surface area contributed by atoms with Crippen LogP contribution >= 0.6 is 0 Å². The highest BCUT2D eigenvalue weighted by molar-refractivity contribution is 5.30. The van der Waals surface area contributed by atoms with E-state index in [0.29, 0.717) is 5.82 Å². The topological polar surface area (TPSA) is 52.7 Å². The molecule has 0 fully saturated rings. The number of hydrogen-bond donors (Lipinski definition) is 0. The van der Waals surface area contributed by atoms with E-state index < -0.39 is 0 Å². The molecular weight excluding hydrogens is 154 g/mol. The number of nitrogens with zero attached hydrogens (tertiary/aromatic N) is 5. The maximum absolute atomic E-state index is 3.75.